The van der Waals surface area contributed by atoms with Crippen molar-refractivity contribution < 1.29 is 5.11 Å². The molecule has 0 aliphatic carbocycles. The molecule has 0 amide bonds. The average Bonchev–Trinajstić information content (AvgIpc) is 2.30. The van der Waals surface area contributed by atoms with Crippen LogP contribution in [-0.2, 0) is 0 Å². The molecule has 0 saturated carbocycles. The van der Waals surface area contributed by atoms with Crippen LogP contribution in [0.15, 0.2) is 18.3 Å². The van der Waals surface area contributed by atoms with Gasteiger partial charge in [-0.1, -0.05) is 13.8 Å². The normalized spacial score (nSPS) is 17.7. The van der Waals surface area contributed by atoms with E-state index < -0.39 is 0 Å². The summed E-state index contributed by atoms with van der Waals surface area (Å²) in [6.45, 7) is 9.93. The zero-order valence-electron chi connectivity index (χ0n) is 10.6. The number of hydrogen-bond donors (Lipinski definition) is 1. The maximum atomic E-state index is 9.21. The number of aromatic nitrogens is 1. The van der Waals surface area contributed by atoms with E-state index in [1.54, 1.807) is 6.07 Å². The van der Waals surface area contributed by atoms with Gasteiger partial charge in [0.2, 0.25) is 0 Å². The lowest BCUT2D eigenvalue weighted by Gasteiger charge is -2.36. The van der Waals surface area contributed by atoms with Crippen LogP contribution in [0, 0.1) is 5.92 Å². The first-order chi connectivity index (χ1) is 8.15. The van der Waals surface area contributed by atoms with Crippen molar-refractivity contribution in [2.45, 2.75) is 13.8 Å². The van der Waals surface area contributed by atoms with Gasteiger partial charge in [0.05, 0.1) is 6.20 Å². The van der Waals surface area contributed by atoms with E-state index in [4.69, 9.17) is 0 Å². The van der Waals surface area contributed by atoms with E-state index in [0.29, 0.717) is 0 Å². The molecule has 2 rings (SSSR count). The molecular formula is C13H21N3O. The topological polar surface area (TPSA) is 39.6 Å². The molecule has 0 atom stereocenters. The molecule has 4 heteroatoms. The molecule has 0 radical (unpaired) electrons. The van der Waals surface area contributed by atoms with Crippen molar-refractivity contribution in [3.05, 3.63) is 18.3 Å². The van der Waals surface area contributed by atoms with Gasteiger partial charge in [-0.15, -0.1) is 0 Å². The summed E-state index contributed by atoms with van der Waals surface area (Å²) in [7, 11) is 0. The smallest absolute Gasteiger partial charge is 0.134 e. The van der Waals surface area contributed by atoms with Crippen LogP contribution in [0.25, 0.3) is 0 Å². The fourth-order valence-electron chi connectivity index (χ4n) is 2.24. The molecule has 1 fully saturated rings. The molecule has 1 aliphatic heterocycles. The summed E-state index contributed by atoms with van der Waals surface area (Å²) < 4.78 is 0. The van der Waals surface area contributed by atoms with E-state index in [-0.39, 0.29) is 5.75 Å². The van der Waals surface area contributed by atoms with Gasteiger partial charge in [-0.25, -0.2) is 4.98 Å². The van der Waals surface area contributed by atoms with Gasteiger partial charge in [0.15, 0.2) is 0 Å². The summed E-state index contributed by atoms with van der Waals surface area (Å²) in [5.41, 5.74) is 0. The van der Waals surface area contributed by atoms with Crippen LogP contribution in [0.5, 0.6) is 5.75 Å². The monoisotopic (exact) mass is 235 g/mol. The van der Waals surface area contributed by atoms with Crippen molar-refractivity contribution in [1.82, 2.24) is 9.88 Å². The molecule has 1 N–H and O–H groups in total. The molecule has 0 bridgehead atoms. The Kier molecular flexibility index (Phi) is 3.84. The van der Waals surface area contributed by atoms with Crippen LogP contribution in [0.4, 0.5) is 5.82 Å². The lowest BCUT2D eigenvalue weighted by Crippen LogP contribution is -2.47. The number of piperazine rings is 1. The Balaban J connectivity index is 1.88. The molecule has 4 nitrogen and oxygen atoms in total. The second kappa shape index (κ2) is 5.36. The number of rotatable bonds is 3. The molecule has 2 heterocycles. The largest absolute Gasteiger partial charge is 0.506 e. The minimum atomic E-state index is 0.229. The van der Waals surface area contributed by atoms with E-state index in [9.17, 15) is 5.11 Å². The van der Waals surface area contributed by atoms with Crippen LogP contribution in [0.2, 0.25) is 0 Å². The molecule has 0 aromatic carbocycles. The van der Waals surface area contributed by atoms with Crippen molar-refractivity contribution in [3.63, 3.8) is 0 Å². The molecule has 0 spiro atoms. The van der Waals surface area contributed by atoms with Crippen LogP contribution in [0.1, 0.15) is 13.8 Å². The molecular weight excluding hydrogens is 214 g/mol. The highest BCUT2D eigenvalue weighted by Gasteiger charge is 2.18. The Morgan fingerprint density at radius 3 is 2.47 bits per heavy atom. The summed E-state index contributed by atoms with van der Waals surface area (Å²) in [6, 6.07) is 3.58. The molecule has 17 heavy (non-hydrogen) atoms. The second-order valence-corrected chi connectivity index (χ2v) is 5.06. The van der Waals surface area contributed by atoms with E-state index in [0.717, 1.165) is 37.9 Å². The highest BCUT2D eigenvalue weighted by molar-refractivity contribution is 5.40. The summed E-state index contributed by atoms with van der Waals surface area (Å²) in [4.78, 5) is 9.02. The third-order valence-corrected chi connectivity index (χ3v) is 3.05. The fraction of sp³-hybridized carbons (Fsp3) is 0.615. The first kappa shape index (κ1) is 12.2. The van der Waals surface area contributed by atoms with Crippen molar-refractivity contribution in [2.75, 3.05) is 37.6 Å². The van der Waals surface area contributed by atoms with E-state index in [1.807, 2.05) is 6.07 Å². The van der Waals surface area contributed by atoms with Gasteiger partial charge in [0.25, 0.3) is 0 Å². The molecule has 1 aromatic rings. The zero-order chi connectivity index (χ0) is 12.3. The van der Waals surface area contributed by atoms with Gasteiger partial charge in [-0.05, 0) is 18.1 Å². The van der Waals surface area contributed by atoms with Crippen molar-refractivity contribution >= 4 is 5.82 Å². The van der Waals surface area contributed by atoms with E-state index in [1.165, 1.54) is 12.7 Å². The standard InChI is InChI=1S/C13H21N3O/c1-11(2)10-15-5-7-16(8-6-15)13-4-3-12(17)9-14-13/h3-4,9,11,17H,5-8,10H2,1-2H3. The SMILES string of the molecule is CC(C)CN1CCN(c2ccc(O)cn2)CC1. The summed E-state index contributed by atoms with van der Waals surface area (Å²) in [5, 5.41) is 9.21. The highest BCUT2D eigenvalue weighted by Crippen LogP contribution is 2.16. The lowest BCUT2D eigenvalue weighted by atomic mass is 10.2. The van der Waals surface area contributed by atoms with Gasteiger partial charge < -0.3 is 10.0 Å². The fourth-order valence-corrected chi connectivity index (χ4v) is 2.24. The maximum absolute atomic E-state index is 9.21. The maximum Gasteiger partial charge on any atom is 0.134 e. The minimum Gasteiger partial charge on any atom is -0.506 e. The number of nitrogens with zero attached hydrogens (tertiary/aromatic N) is 3. The molecule has 94 valence electrons. The molecule has 1 saturated heterocycles. The lowest BCUT2D eigenvalue weighted by molar-refractivity contribution is 0.231. The number of anilines is 1. The van der Waals surface area contributed by atoms with Crippen LogP contribution in [0.3, 0.4) is 0 Å². The molecule has 1 aromatic heterocycles. The van der Waals surface area contributed by atoms with Crippen LogP contribution in [-0.4, -0.2) is 47.7 Å². The first-order valence-electron chi connectivity index (χ1n) is 6.27. The van der Waals surface area contributed by atoms with Gasteiger partial charge >= 0.3 is 0 Å². The number of pyridine rings is 1. The predicted molar refractivity (Wildman–Crippen MR) is 69.4 cm³/mol. The van der Waals surface area contributed by atoms with Crippen molar-refractivity contribution in [2.24, 2.45) is 5.92 Å². The Labute approximate surface area is 103 Å². The highest BCUT2D eigenvalue weighted by atomic mass is 16.3. The van der Waals surface area contributed by atoms with Gasteiger partial charge in [0.1, 0.15) is 11.6 Å². The Bertz CT molecular complexity index is 342. The van der Waals surface area contributed by atoms with Gasteiger partial charge in [0, 0.05) is 32.7 Å². The van der Waals surface area contributed by atoms with E-state index in [2.05, 4.69) is 28.6 Å². The van der Waals surface area contributed by atoms with Crippen LogP contribution < -0.4 is 4.90 Å². The quantitative estimate of drug-likeness (QED) is 0.863. The van der Waals surface area contributed by atoms with Gasteiger partial charge in [-0.3, -0.25) is 4.90 Å². The van der Waals surface area contributed by atoms with Crippen molar-refractivity contribution in [3.8, 4) is 5.75 Å². The van der Waals surface area contributed by atoms with E-state index >= 15 is 0 Å². The number of hydrogen-bond acceptors (Lipinski definition) is 4. The Morgan fingerprint density at radius 2 is 1.94 bits per heavy atom. The number of aromatic hydroxyl groups is 1. The third-order valence-electron chi connectivity index (χ3n) is 3.05. The molecule has 0 unspecified atom stereocenters. The Morgan fingerprint density at radius 1 is 1.24 bits per heavy atom. The molecule has 1 aliphatic rings. The summed E-state index contributed by atoms with van der Waals surface area (Å²) in [5.74, 6) is 1.92. The average molecular weight is 235 g/mol. The van der Waals surface area contributed by atoms with Gasteiger partial charge in [-0.2, -0.15) is 0 Å². The van der Waals surface area contributed by atoms with Crippen LogP contribution >= 0.6 is 0 Å². The van der Waals surface area contributed by atoms with Crippen molar-refractivity contribution in [1.29, 1.82) is 0 Å². The summed E-state index contributed by atoms with van der Waals surface area (Å²) >= 11 is 0. The summed E-state index contributed by atoms with van der Waals surface area (Å²) in [6.07, 6.45) is 1.51. The minimum absolute atomic E-state index is 0.229. The third kappa shape index (κ3) is 3.33. The Hall–Kier alpha value is -1.29. The first-order valence-corrected chi connectivity index (χ1v) is 6.27. The zero-order valence-corrected chi connectivity index (χ0v) is 10.6. The predicted octanol–water partition coefficient (Wildman–Crippen LogP) is 1.57. The second-order valence-electron chi connectivity index (χ2n) is 5.06.